The van der Waals surface area contributed by atoms with Gasteiger partial charge < -0.3 is 4.52 Å². The zero-order valence-electron chi connectivity index (χ0n) is 13.9. The molecule has 0 amide bonds. The molecule has 1 atom stereocenters. The molecule has 23 heavy (non-hydrogen) atoms. The first-order valence-corrected chi connectivity index (χ1v) is 9.74. The minimum absolute atomic E-state index is 0.454. The van der Waals surface area contributed by atoms with Gasteiger partial charge in [0, 0.05) is 51.9 Å². The fraction of sp³-hybridized carbons (Fsp3) is 0.800. The quantitative estimate of drug-likeness (QED) is 0.819. The molecule has 2 fully saturated rings. The smallest absolute Gasteiger partial charge is 0.282 e. The van der Waals surface area contributed by atoms with E-state index in [4.69, 9.17) is 4.52 Å². The number of rotatable bonds is 4. The molecule has 2 aliphatic rings. The Morgan fingerprint density at radius 2 is 1.96 bits per heavy atom. The van der Waals surface area contributed by atoms with Crippen molar-refractivity contribution in [2.24, 2.45) is 5.92 Å². The molecule has 2 saturated heterocycles. The number of piperidine rings is 1. The monoisotopic (exact) mass is 342 g/mol. The molecule has 1 aromatic heterocycles. The van der Waals surface area contributed by atoms with E-state index in [1.165, 1.54) is 0 Å². The van der Waals surface area contributed by atoms with Crippen LogP contribution in [-0.4, -0.2) is 66.4 Å². The molecular formula is C15H26N4O3S. The molecular weight excluding hydrogens is 316 g/mol. The van der Waals surface area contributed by atoms with Gasteiger partial charge in [-0.2, -0.15) is 17.0 Å². The molecule has 130 valence electrons. The van der Waals surface area contributed by atoms with Crippen LogP contribution >= 0.6 is 0 Å². The average molecular weight is 342 g/mol. The van der Waals surface area contributed by atoms with Crippen LogP contribution in [0.2, 0.25) is 0 Å². The Hall–Kier alpha value is -0.960. The van der Waals surface area contributed by atoms with Crippen LogP contribution < -0.4 is 0 Å². The highest BCUT2D eigenvalue weighted by molar-refractivity contribution is 7.86. The summed E-state index contributed by atoms with van der Waals surface area (Å²) >= 11 is 0. The molecule has 0 saturated carbocycles. The normalized spacial score (nSPS) is 25.7. The van der Waals surface area contributed by atoms with Gasteiger partial charge >= 0.3 is 0 Å². The number of aryl methyl sites for hydroxylation is 1. The van der Waals surface area contributed by atoms with Crippen molar-refractivity contribution in [3.63, 3.8) is 0 Å². The average Bonchev–Trinajstić information content (AvgIpc) is 2.93. The Labute approximate surface area is 138 Å². The van der Waals surface area contributed by atoms with Gasteiger partial charge in [-0.3, -0.25) is 4.90 Å². The van der Waals surface area contributed by atoms with Crippen LogP contribution in [0.4, 0.5) is 0 Å². The van der Waals surface area contributed by atoms with Gasteiger partial charge in [-0.05, 0) is 25.7 Å². The third kappa shape index (κ3) is 3.93. The molecule has 3 rings (SSSR count). The summed E-state index contributed by atoms with van der Waals surface area (Å²) in [6.07, 6.45) is 2.09. The van der Waals surface area contributed by atoms with E-state index in [0.29, 0.717) is 38.6 Å². The summed E-state index contributed by atoms with van der Waals surface area (Å²) in [5.74, 6) is 1.26. The van der Waals surface area contributed by atoms with Gasteiger partial charge in [0.05, 0.1) is 5.69 Å². The van der Waals surface area contributed by atoms with Crippen molar-refractivity contribution < 1.29 is 12.9 Å². The maximum atomic E-state index is 12.8. The predicted molar refractivity (Wildman–Crippen MR) is 87.0 cm³/mol. The molecule has 3 heterocycles. The van der Waals surface area contributed by atoms with Crippen molar-refractivity contribution in [2.75, 3.05) is 39.3 Å². The zero-order chi connectivity index (χ0) is 16.4. The van der Waals surface area contributed by atoms with Crippen LogP contribution in [-0.2, 0) is 16.8 Å². The van der Waals surface area contributed by atoms with Gasteiger partial charge in [-0.25, -0.2) is 0 Å². The largest absolute Gasteiger partial charge is 0.361 e. The van der Waals surface area contributed by atoms with Crippen LogP contribution in [0.1, 0.15) is 31.2 Å². The van der Waals surface area contributed by atoms with Gasteiger partial charge in [0.1, 0.15) is 5.76 Å². The summed E-state index contributed by atoms with van der Waals surface area (Å²) in [7, 11) is -3.30. The van der Waals surface area contributed by atoms with Crippen molar-refractivity contribution in [3.05, 3.63) is 17.5 Å². The summed E-state index contributed by atoms with van der Waals surface area (Å²) < 4.78 is 33.9. The number of piperazine rings is 1. The second-order valence-electron chi connectivity index (χ2n) is 6.72. The third-order valence-corrected chi connectivity index (χ3v) is 6.67. The molecule has 0 N–H and O–H groups in total. The van der Waals surface area contributed by atoms with Crippen molar-refractivity contribution in [3.8, 4) is 0 Å². The Balaban J connectivity index is 1.55. The lowest BCUT2D eigenvalue weighted by atomic mass is 10.0. The Bertz CT molecular complexity index is 622. The third-order valence-electron chi connectivity index (χ3n) is 4.67. The van der Waals surface area contributed by atoms with E-state index in [2.05, 4.69) is 17.0 Å². The molecule has 0 aliphatic carbocycles. The van der Waals surface area contributed by atoms with Gasteiger partial charge in [0.15, 0.2) is 0 Å². The van der Waals surface area contributed by atoms with E-state index < -0.39 is 10.2 Å². The minimum Gasteiger partial charge on any atom is -0.361 e. The second-order valence-corrected chi connectivity index (χ2v) is 8.65. The molecule has 7 nitrogen and oxygen atoms in total. The van der Waals surface area contributed by atoms with Crippen LogP contribution in [0.25, 0.3) is 0 Å². The topological polar surface area (TPSA) is 69.9 Å². The van der Waals surface area contributed by atoms with Gasteiger partial charge in [0.25, 0.3) is 10.2 Å². The summed E-state index contributed by atoms with van der Waals surface area (Å²) in [5, 5.41) is 4.00. The molecule has 0 aromatic carbocycles. The highest BCUT2D eigenvalue weighted by Crippen LogP contribution is 2.21. The summed E-state index contributed by atoms with van der Waals surface area (Å²) in [6, 6.07) is 1.93. The van der Waals surface area contributed by atoms with E-state index in [0.717, 1.165) is 37.4 Å². The maximum absolute atomic E-state index is 12.8. The number of aromatic nitrogens is 1. The van der Waals surface area contributed by atoms with Crippen LogP contribution in [0.3, 0.4) is 0 Å². The van der Waals surface area contributed by atoms with Crippen molar-refractivity contribution in [1.82, 2.24) is 18.7 Å². The first-order valence-electron chi connectivity index (χ1n) is 8.35. The predicted octanol–water partition coefficient (Wildman–Crippen LogP) is 1.08. The summed E-state index contributed by atoms with van der Waals surface area (Å²) in [5.41, 5.74) is 0.906. The first-order chi connectivity index (χ1) is 10.9. The fourth-order valence-electron chi connectivity index (χ4n) is 3.36. The van der Waals surface area contributed by atoms with Gasteiger partial charge in [-0.15, -0.1) is 0 Å². The lowest BCUT2D eigenvalue weighted by Gasteiger charge is -2.38. The fourth-order valence-corrected chi connectivity index (χ4v) is 5.11. The molecule has 0 bridgehead atoms. The maximum Gasteiger partial charge on any atom is 0.282 e. The lowest BCUT2D eigenvalue weighted by Crippen LogP contribution is -2.54. The van der Waals surface area contributed by atoms with E-state index in [1.807, 2.05) is 13.0 Å². The Morgan fingerprint density at radius 1 is 1.22 bits per heavy atom. The van der Waals surface area contributed by atoms with Crippen LogP contribution in [0, 0.1) is 12.8 Å². The summed E-state index contributed by atoms with van der Waals surface area (Å²) in [4.78, 5) is 2.22. The zero-order valence-corrected chi connectivity index (χ0v) is 14.8. The number of hydrogen-bond acceptors (Lipinski definition) is 5. The molecule has 0 radical (unpaired) electrons. The van der Waals surface area contributed by atoms with Crippen LogP contribution in [0.15, 0.2) is 10.6 Å². The minimum atomic E-state index is -3.30. The second kappa shape index (κ2) is 6.88. The van der Waals surface area contributed by atoms with E-state index >= 15 is 0 Å². The molecule has 1 aromatic rings. The molecule has 8 heteroatoms. The molecule has 1 unspecified atom stereocenters. The van der Waals surface area contributed by atoms with Gasteiger partial charge in [0.2, 0.25) is 0 Å². The van der Waals surface area contributed by atoms with Crippen molar-refractivity contribution >= 4 is 10.2 Å². The molecule has 0 spiro atoms. The standard InChI is InChI=1S/C15H26N4O3S/c1-13-4-3-5-19(11-13)23(20,21)18-8-6-17(7-9-18)12-15-10-14(2)22-16-15/h10,13H,3-9,11-12H2,1-2H3. The Morgan fingerprint density at radius 3 is 2.57 bits per heavy atom. The van der Waals surface area contributed by atoms with Crippen molar-refractivity contribution in [2.45, 2.75) is 33.2 Å². The number of hydrogen-bond donors (Lipinski definition) is 0. The Kier molecular flexibility index (Phi) is 5.05. The van der Waals surface area contributed by atoms with Crippen LogP contribution in [0.5, 0.6) is 0 Å². The highest BCUT2D eigenvalue weighted by atomic mass is 32.2. The lowest BCUT2D eigenvalue weighted by molar-refractivity contribution is 0.166. The van der Waals surface area contributed by atoms with Gasteiger partial charge in [-0.1, -0.05) is 12.1 Å². The number of nitrogens with zero attached hydrogens (tertiary/aromatic N) is 4. The highest BCUT2D eigenvalue weighted by Gasteiger charge is 2.34. The SMILES string of the molecule is Cc1cc(CN2CCN(S(=O)(=O)N3CCCC(C)C3)CC2)no1. The van der Waals surface area contributed by atoms with E-state index in [1.54, 1.807) is 8.61 Å². The summed E-state index contributed by atoms with van der Waals surface area (Å²) in [6.45, 7) is 8.58. The van der Waals surface area contributed by atoms with Crippen molar-refractivity contribution in [1.29, 1.82) is 0 Å². The molecule has 2 aliphatic heterocycles. The van der Waals surface area contributed by atoms with E-state index in [-0.39, 0.29) is 0 Å². The first kappa shape index (κ1) is 16.9. The van der Waals surface area contributed by atoms with E-state index in [9.17, 15) is 8.42 Å².